The van der Waals surface area contributed by atoms with Crippen LogP contribution in [0.4, 0.5) is 10.7 Å². The van der Waals surface area contributed by atoms with Crippen LogP contribution in [-0.4, -0.2) is 12.1 Å². The van der Waals surface area contributed by atoms with E-state index < -0.39 is 0 Å². The third kappa shape index (κ3) is 4.88. The fourth-order valence-corrected chi connectivity index (χ4v) is 5.37. The maximum atomic E-state index is 13.4. The summed E-state index contributed by atoms with van der Waals surface area (Å²) in [6, 6.07) is 16.2. The van der Waals surface area contributed by atoms with E-state index in [1.165, 1.54) is 29.7 Å². The van der Waals surface area contributed by atoms with Gasteiger partial charge in [-0.15, -0.1) is 11.3 Å². The Labute approximate surface area is 182 Å². The molecule has 0 bridgehead atoms. The van der Waals surface area contributed by atoms with Gasteiger partial charge in [0.25, 0.3) is 5.91 Å². The maximum absolute atomic E-state index is 13.4. The first-order chi connectivity index (χ1) is 14.6. The first kappa shape index (κ1) is 20.5. The van der Waals surface area contributed by atoms with Gasteiger partial charge in [0, 0.05) is 16.8 Å². The molecule has 1 aliphatic carbocycles. The predicted molar refractivity (Wildman–Crippen MR) is 128 cm³/mol. The van der Waals surface area contributed by atoms with Crippen molar-refractivity contribution < 1.29 is 4.79 Å². The minimum atomic E-state index is -0.0433. The fraction of sp³-hybridized carbons (Fsp3) is 0.308. The lowest BCUT2D eigenvalue weighted by atomic mass is 9.96. The van der Waals surface area contributed by atoms with Crippen molar-refractivity contribution in [2.45, 2.75) is 52.4 Å². The zero-order chi connectivity index (χ0) is 20.9. The average molecular weight is 417 g/mol. The van der Waals surface area contributed by atoms with Crippen molar-refractivity contribution in [1.82, 2.24) is 0 Å². The lowest BCUT2D eigenvalue weighted by molar-refractivity contribution is 0.102. The van der Waals surface area contributed by atoms with Crippen LogP contribution in [-0.2, 0) is 12.8 Å². The first-order valence-electron chi connectivity index (χ1n) is 10.7. The monoisotopic (exact) mass is 416 g/mol. The second kappa shape index (κ2) is 9.40. The third-order valence-corrected chi connectivity index (χ3v) is 6.69. The van der Waals surface area contributed by atoms with Crippen molar-refractivity contribution in [3.63, 3.8) is 0 Å². The number of carbonyl (C=O) groups is 1. The lowest BCUT2D eigenvalue weighted by Crippen LogP contribution is -2.14. The number of aryl methyl sites for hydroxylation is 3. The Morgan fingerprint density at radius 2 is 1.67 bits per heavy atom. The number of fused-ring (bicyclic) bond motifs is 1. The van der Waals surface area contributed by atoms with Crippen LogP contribution in [0.5, 0.6) is 0 Å². The van der Waals surface area contributed by atoms with Gasteiger partial charge in [-0.1, -0.05) is 49.2 Å². The quantitative estimate of drug-likeness (QED) is 0.456. The van der Waals surface area contributed by atoms with Crippen LogP contribution in [0.15, 0.2) is 53.5 Å². The van der Waals surface area contributed by atoms with E-state index in [0.29, 0.717) is 0 Å². The molecule has 1 aromatic heterocycles. The minimum Gasteiger partial charge on any atom is -0.322 e. The highest BCUT2D eigenvalue weighted by Crippen LogP contribution is 2.39. The highest BCUT2D eigenvalue weighted by molar-refractivity contribution is 7.16. The van der Waals surface area contributed by atoms with Crippen LogP contribution in [0.2, 0.25) is 0 Å². The minimum absolute atomic E-state index is 0.0433. The van der Waals surface area contributed by atoms with Gasteiger partial charge in [0.15, 0.2) is 0 Å². The number of aliphatic imine (C=N–C) groups is 1. The second-order valence-electron chi connectivity index (χ2n) is 8.10. The molecule has 1 amide bonds. The smallest absolute Gasteiger partial charge is 0.259 e. The molecule has 0 fully saturated rings. The van der Waals surface area contributed by atoms with Gasteiger partial charge in [0.2, 0.25) is 0 Å². The Hall–Kier alpha value is -2.72. The molecule has 0 spiro atoms. The standard InChI is InChI=1S/C26H28N2OS/c1-18-14-19(2)16-21(15-18)28-25(29)24-22-12-8-3-4-9-13-23(22)30-26(24)27-17-20-10-6-5-7-11-20/h5-7,10-11,14-17H,3-4,8-9,12-13H2,1-2H3,(H,28,29). The number of carbonyl (C=O) groups excluding carboxylic acids is 1. The molecule has 0 saturated heterocycles. The molecule has 1 N–H and O–H groups in total. The van der Waals surface area contributed by atoms with E-state index in [2.05, 4.69) is 25.2 Å². The summed E-state index contributed by atoms with van der Waals surface area (Å²) in [4.78, 5) is 19.5. The van der Waals surface area contributed by atoms with Crippen LogP contribution < -0.4 is 5.32 Å². The number of nitrogens with zero attached hydrogens (tertiary/aromatic N) is 1. The van der Waals surface area contributed by atoms with Gasteiger partial charge in [-0.25, -0.2) is 4.99 Å². The van der Waals surface area contributed by atoms with Crippen molar-refractivity contribution in [3.05, 3.63) is 81.2 Å². The Kier molecular flexibility index (Phi) is 6.44. The van der Waals surface area contributed by atoms with Gasteiger partial charge in [-0.2, -0.15) is 0 Å². The lowest BCUT2D eigenvalue weighted by Gasteiger charge is -2.12. The molecule has 0 atom stereocenters. The largest absolute Gasteiger partial charge is 0.322 e. The number of thiophene rings is 1. The van der Waals surface area contributed by atoms with Gasteiger partial charge >= 0.3 is 0 Å². The Bertz CT molecular complexity index is 1050. The van der Waals surface area contributed by atoms with Gasteiger partial charge in [-0.3, -0.25) is 4.79 Å². The number of hydrogen-bond acceptors (Lipinski definition) is 3. The summed E-state index contributed by atoms with van der Waals surface area (Å²) in [5, 5.41) is 3.97. The normalized spacial score (nSPS) is 14.2. The molecular formula is C26H28N2OS. The van der Waals surface area contributed by atoms with Gasteiger partial charge < -0.3 is 5.32 Å². The predicted octanol–water partition coefficient (Wildman–Crippen LogP) is 7.03. The topological polar surface area (TPSA) is 41.5 Å². The van der Waals surface area contributed by atoms with E-state index >= 15 is 0 Å². The van der Waals surface area contributed by atoms with E-state index in [1.54, 1.807) is 11.3 Å². The molecular weight excluding hydrogens is 388 g/mol. The summed E-state index contributed by atoms with van der Waals surface area (Å²) in [7, 11) is 0. The van der Waals surface area contributed by atoms with Crippen LogP contribution in [0, 0.1) is 13.8 Å². The molecule has 0 aliphatic heterocycles. The molecule has 0 unspecified atom stereocenters. The summed E-state index contributed by atoms with van der Waals surface area (Å²) in [6.45, 7) is 4.11. The van der Waals surface area contributed by atoms with E-state index in [4.69, 9.17) is 4.99 Å². The molecule has 30 heavy (non-hydrogen) atoms. The van der Waals surface area contributed by atoms with E-state index in [0.717, 1.165) is 52.2 Å². The van der Waals surface area contributed by atoms with Gasteiger partial charge in [0.05, 0.1) is 5.56 Å². The maximum Gasteiger partial charge on any atom is 0.259 e. The molecule has 4 rings (SSSR count). The highest BCUT2D eigenvalue weighted by atomic mass is 32.1. The van der Waals surface area contributed by atoms with Crippen molar-refractivity contribution in [1.29, 1.82) is 0 Å². The van der Waals surface area contributed by atoms with Crippen LogP contribution in [0.3, 0.4) is 0 Å². The average Bonchev–Trinajstić information content (AvgIpc) is 3.03. The Balaban J connectivity index is 1.71. The SMILES string of the molecule is Cc1cc(C)cc(NC(=O)c2c(N=Cc3ccccc3)sc3c2CCCCCC3)c1. The third-order valence-electron chi connectivity index (χ3n) is 5.49. The van der Waals surface area contributed by atoms with Crippen molar-refractivity contribution in [3.8, 4) is 0 Å². The first-order valence-corrected chi connectivity index (χ1v) is 11.5. The van der Waals surface area contributed by atoms with Crippen LogP contribution in [0.25, 0.3) is 0 Å². The number of amides is 1. The van der Waals surface area contributed by atoms with E-state index in [1.807, 2.05) is 48.7 Å². The van der Waals surface area contributed by atoms with Crippen molar-refractivity contribution in [2.24, 2.45) is 4.99 Å². The molecule has 4 heteroatoms. The van der Waals surface area contributed by atoms with E-state index in [-0.39, 0.29) is 5.91 Å². The number of anilines is 1. The summed E-state index contributed by atoms with van der Waals surface area (Å²) >= 11 is 1.69. The zero-order valence-corrected chi connectivity index (χ0v) is 18.5. The summed E-state index contributed by atoms with van der Waals surface area (Å²) in [6.07, 6.45) is 8.70. The molecule has 3 aromatic rings. The van der Waals surface area contributed by atoms with Crippen molar-refractivity contribution in [2.75, 3.05) is 5.32 Å². The van der Waals surface area contributed by atoms with Gasteiger partial charge in [0.1, 0.15) is 5.00 Å². The Morgan fingerprint density at radius 3 is 2.40 bits per heavy atom. The molecule has 1 aliphatic rings. The number of hydrogen-bond donors (Lipinski definition) is 1. The number of rotatable bonds is 4. The van der Waals surface area contributed by atoms with Gasteiger partial charge in [-0.05, 0) is 73.9 Å². The van der Waals surface area contributed by atoms with Crippen molar-refractivity contribution >= 4 is 34.1 Å². The van der Waals surface area contributed by atoms with Crippen LogP contribution in [0.1, 0.15) is 63.2 Å². The molecule has 0 saturated carbocycles. The number of benzene rings is 2. The molecule has 0 radical (unpaired) electrons. The summed E-state index contributed by atoms with van der Waals surface area (Å²) < 4.78 is 0. The Morgan fingerprint density at radius 1 is 0.967 bits per heavy atom. The molecule has 2 aromatic carbocycles. The molecule has 1 heterocycles. The highest BCUT2D eigenvalue weighted by Gasteiger charge is 2.24. The summed E-state index contributed by atoms with van der Waals surface area (Å²) in [5.74, 6) is -0.0433. The zero-order valence-electron chi connectivity index (χ0n) is 17.7. The number of nitrogens with one attached hydrogen (secondary N) is 1. The van der Waals surface area contributed by atoms with Crippen LogP contribution >= 0.6 is 11.3 Å². The fourth-order valence-electron chi connectivity index (χ4n) is 4.14. The summed E-state index contributed by atoms with van der Waals surface area (Å²) in [5.41, 5.74) is 6.16. The molecule has 154 valence electrons. The second-order valence-corrected chi connectivity index (χ2v) is 9.18. The van der Waals surface area contributed by atoms with E-state index in [9.17, 15) is 4.79 Å². The molecule has 3 nitrogen and oxygen atoms in total.